The zero-order chi connectivity index (χ0) is 6.69. The molecule has 0 aromatic rings. The van der Waals surface area contributed by atoms with Gasteiger partial charge in [0.25, 0.3) is 0 Å². The van der Waals surface area contributed by atoms with Gasteiger partial charge in [-0.15, -0.1) is 0 Å². The van der Waals surface area contributed by atoms with Crippen molar-refractivity contribution in [2.45, 2.75) is 26.2 Å². The minimum absolute atomic E-state index is 0.229. The molecule has 1 nitrogen and oxygen atoms in total. The molecule has 8 heavy (non-hydrogen) atoms. The van der Waals surface area contributed by atoms with E-state index < -0.39 is 0 Å². The second kappa shape index (κ2) is 3.08. The third kappa shape index (κ3) is 1.48. The van der Waals surface area contributed by atoms with Crippen molar-refractivity contribution in [3.8, 4) is 0 Å². The SMILES string of the molecule is [2H]C1CCN(CC)CC1. The van der Waals surface area contributed by atoms with Crippen molar-refractivity contribution in [1.82, 2.24) is 4.90 Å². The number of nitrogens with zero attached hydrogens (tertiary/aromatic N) is 1. The van der Waals surface area contributed by atoms with Crippen molar-refractivity contribution < 1.29 is 1.37 Å². The van der Waals surface area contributed by atoms with E-state index in [9.17, 15) is 0 Å². The summed E-state index contributed by atoms with van der Waals surface area (Å²) < 4.78 is 7.41. The predicted molar refractivity (Wildman–Crippen MR) is 36.0 cm³/mol. The summed E-state index contributed by atoms with van der Waals surface area (Å²) in [6, 6.07) is 0. The molecule has 0 N–H and O–H groups in total. The van der Waals surface area contributed by atoms with Crippen molar-refractivity contribution in [1.29, 1.82) is 0 Å². The molecule has 0 amide bonds. The fraction of sp³-hybridized carbons (Fsp3) is 1.00. The fourth-order valence-corrected chi connectivity index (χ4v) is 1.12. The lowest BCUT2D eigenvalue weighted by Gasteiger charge is -2.24. The maximum Gasteiger partial charge on any atom is 0.0267 e. The molecule has 1 aliphatic heterocycles. The van der Waals surface area contributed by atoms with Crippen molar-refractivity contribution in [2.75, 3.05) is 19.6 Å². The first-order valence-corrected chi connectivity index (χ1v) is 3.47. The fourth-order valence-electron chi connectivity index (χ4n) is 1.12. The molecule has 1 heteroatoms. The van der Waals surface area contributed by atoms with Gasteiger partial charge in [-0.3, -0.25) is 0 Å². The van der Waals surface area contributed by atoms with E-state index in [4.69, 9.17) is 1.37 Å². The molecule has 0 aliphatic carbocycles. The molecule has 48 valence electrons. The van der Waals surface area contributed by atoms with Gasteiger partial charge in [-0.1, -0.05) is 13.3 Å². The van der Waals surface area contributed by atoms with Crippen LogP contribution in [0.3, 0.4) is 0 Å². The van der Waals surface area contributed by atoms with E-state index in [1.165, 1.54) is 0 Å². The zero-order valence-corrected chi connectivity index (χ0v) is 5.56. The van der Waals surface area contributed by atoms with Crippen molar-refractivity contribution in [2.24, 2.45) is 0 Å². The van der Waals surface area contributed by atoms with E-state index in [0.717, 1.165) is 32.5 Å². The van der Waals surface area contributed by atoms with Crippen LogP contribution in [0.4, 0.5) is 0 Å². The van der Waals surface area contributed by atoms with Crippen LogP contribution in [0.15, 0.2) is 0 Å². The first kappa shape index (κ1) is 4.80. The van der Waals surface area contributed by atoms with E-state index in [1.807, 2.05) is 0 Å². The molecule has 1 fully saturated rings. The van der Waals surface area contributed by atoms with Crippen molar-refractivity contribution in [3.05, 3.63) is 0 Å². The van der Waals surface area contributed by atoms with Crippen LogP contribution >= 0.6 is 0 Å². The normalized spacial score (nSPS) is 27.9. The van der Waals surface area contributed by atoms with Gasteiger partial charge in [0.2, 0.25) is 0 Å². The molecule has 0 atom stereocenters. The zero-order valence-electron chi connectivity index (χ0n) is 6.56. The van der Waals surface area contributed by atoms with E-state index in [0.29, 0.717) is 0 Å². The molecule has 1 saturated heterocycles. The average Bonchev–Trinajstić information content (AvgIpc) is 1.90. The molecule has 0 aromatic heterocycles. The Labute approximate surface area is 53.1 Å². The smallest absolute Gasteiger partial charge is 0.0267 e. The highest BCUT2D eigenvalue weighted by Crippen LogP contribution is 2.06. The second-order valence-electron chi connectivity index (χ2n) is 2.30. The Morgan fingerprint density at radius 1 is 1.50 bits per heavy atom. The Morgan fingerprint density at radius 2 is 2.12 bits per heavy atom. The van der Waals surface area contributed by atoms with Crippen LogP contribution in [0.25, 0.3) is 0 Å². The molecule has 0 unspecified atom stereocenters. The summed E-state index contributed by atoms with van der Waals surface area (Å²) in [4.78, 5) is 2.41. The lowest BCUT2D eigenvalue weighted by Crippen LogP contribution is -2.29. The van der Waals surface area contributed by atoms with Gasteiger partial charge in [-0.25, -0.2) is 0 Å². The number of hydrogen-bond acceptors (Lipinski definition) is 1. The average molecular weight is 114 g/mol. The number of piperidine rings is 1. The molecule has 0 spiro atoms. The summed E-state index contributed by atoms with van der Waals surface area (Å²) in [5, 5.41) is 0. The minimum Gasteiger partial charge on any atom is -0.304 e. The summed E-state index contributed by atoms with van der Waals surface area (Å²) in [6.45, 7) is 5.63. The van der Waals surface area contributed by atoms with Gasteiger partial charge in [0.05, 0.1) is 0 Å². The summed E-state index contributed by atoms with van der Waals surface area (Å²) in [5.74, 6) is 0. The van der Waals surface area contributed by atoms with Gasteiger partial charge in [0.1, 0.15) is 0 Å². The van der Waals surface area contributed by atoms with Crippen molar-refractivity contribution in [3.63, 3.8) is 0 Å². The van der Waals surface area contributed by atoms with Crippen LogP contribution in [-0.2, 0) is 0 Å². The Hall–Kier alpha value is -0.0400. The molecule has 0 radical (unpaired) electrons. The Balaban J connectivity index is 2.18. The summed E-state index contributed by atoms with van der Waals surface area (Å²) in [6.07, 6.45) is 2.38. The quantitative estimate of drug-likeness (QED) is 0.499. The highest BCUT2D eigenvalue weighted by Gasteiger charge is 2.05. The minimum atomic E-state index is 0.229. The van der Waals surface area contributed by atoms with Crippen LogP contribution in [0.5, 0.6) is 0 Å². The number of rotatable bonds is 1. The largest absolute Gasteiger partial charge is 0.304 e. The maximum absolute atomic E-state index is 7.41. The van der Waals surface area contributed by atoms with E-state index in [1.54, 1.807) is 0 Å². The van der Waals surface area contributed by atoms with Gasteiger partial charge in [-0.2, -0.15) is 0 Å². The molecule has 1 aliphatic rings. The molecule has 0 bridgehead atoms. The van der Waals surface area contributed by atoms with E-state index >= 15 is 0 Å². The lowest BCUT2D eigenvalue weighted by molar-refractivity contribution is 0.240. The van der Waals surface area contributed by atoms with Crippen LogP contribution in [-0.4, -0.2) is 24.5 Å². The van der Waals surface area contributed by atoms with Crippen LogP contribution in [0.1, 0.15) is 27.5 Å². The van der Waals surface area contributed by atoms with E-state index in [-0.39, 0.29) is 6.40 Å². The van der Waals surface area contributed by atoms with Gasteiger partial charge >= 0.3 is 0 Å². The van der Waals surface area contributed by atoms with Gasteiger partial charge in [0.15, 0.2) is 0 Å². The molecular formula is C7H15N. The molecule has 0 aromatic carbocycles. The Morgan fingerprint density at radius 3 is 2.62 bits per heavy atom. The highest BCUT2D eigenvalue weighted by atomic mass is 15.1. The Bertz CT molecular complexity index is 77.0. The standard InChI is InChI=1S/C7H15N/c1-2-8-6-4-3-5-7-8/h2-7H2,1H3/i3D. The molecule has 1 rings (SSSR count). The van der Waals surface area contributed by atoms with E-state index in [2.05, 4.69) is 11.8 Å². The van der Waals surface area contributed by atoms with Gasteiger partial charge < -0.3 is 4.90 Å². The van der Waals surface area contributed by atoms with Gasteiger partial charge in [-0.05, 0) is 32.5 Å². The van der Waals surface area contributed by atoms with Crippen LogP contribution in [0, 0.1) is 0 Å². The maximum atomic E-state index is 7.41. The Kier molecular flexibility index (Phi) is 1.85. The molecule has 0 saturated carbocycles. The van der Waals surface area contributed by atoms with Crippen LogP contribution < -0.4 is 0 Å². The molecular weight excluding hydrogens is 98.1 g/mol. The van der Waals surface area contributed by atoms with Gasteiger partial charge in [0, 0.05) is 1.37 Å². The summed E-state index contributed by atoms with van der Waals surface area (Å²) in [5.41, 5.74) is 0. The van der Waals surface area contributed by atoms with Crippen LogP contribution in [0.2, 0.25) is 0 Å². The number of likely N-dealkylation sites (tertiary alicyclic amines) is 1. The first-order chi connectivity index (χ1) is 4.33. The third-order valence-electron chi connectivity index (χ3n) is 1.75. The first-order valence-electron chi connectivity index (χ1n) is 4.05. The molecule has 1 heterocycles. The number of hydrogen-bond donors (Lipinski definition) is 0. The van der Waals surface area contributed by atoms with Crippen molar-refractivity contribution >= 4 is 0 Å². The topological polar surface area (TPSA) is 3.24 Å². The second-order valence-corrected chi connectivity index (χ2v) is 2.30. The lowest BCUT2D eigenvalue weighted by atomic mass is 10.1. The predicted octanol–water partition coefficient (Wildman–Crippen LogP) is 1.49. The highest BCUT2D eigenvalue weighted by molar-refractivity contribution is 4.61. The monoisotopic (exact) mass is 114 g/mol. The summed E-state index contributed by atoms with van der Waals surface area (Å²) >= 11 is 0. The summed E-state index contributed by atoms with van der Waals surface area (Å²) in [7, 11) is 0. The third-order valence-corrected chi connectivity index (χ3v) is 1.75.